The van der Waals surface area contributed by atoms with Gasteiger partial charge in [-0.1, -0.05) is 30.4 Å². The largest absolute Gasteiger partial charge is 0.507 e. The summed E-state index contributed by atoms with van der Waals surface area (Å²) < 4.78 is 11.6. The fourth-order valence-corrected chi connectivity index (χ4v) is 5.38. The molecule has 1 aliphatic heterocycles. The summed E-state index contributed by atoms with van der Waals surface area (Å²) in [6.45, 7) is 2.51. The molecule has 1 N–H and O–H groups in total. The predicted molar refractivity (Wildman–Crippen MR) is 146 cm³/mol. The zero-order valence-electron chi connectivity index (χ0n) is 21.0. The van der Waals surface area contributed by atoms with Crippen molar-refractivity contribution < 1.29 is 29.1 Å². The SMILES string of the molecule is CCCOc1ccc(/C(O)=C2\C(=O)C(=O)N(c3nc4ccc(OC)cc4s3)C2c2cccc([N+](=O)[O-])c2)cc1. The number of aliphatic hydroxyl groups is 1. The van der Waals surface area contributed by atoms with Gasteiger partial charge in [-0.25, -0.2) is 4.98 Å². The molecule has 5 rings (SSSR count). The average Bonchev–Trinajstić information content (AvgIpc) is 3.49. The summed E-state index contributed by atoms with van der Waals surface area (Å²) in [5.74, 6) is -1.04. The average molecular weight is 546 g/mol. The number of methoxy groups -OCH3 is 1. The Morgan fingerprint density at radius 3 is 2.54 bits per heavy atom. The van der Waals surface area contributed by atoms with E-state index in [0.29, 0.717) is 33.9 Å². The minimum atomic E-state index is -1.15. The Kier molecular flexibility index (Phi) is 6.99. The summed E-state index contributed by atoms with van der Waals surface area (Å²) in [6, 6.07) is 16.2. The summed E-state index contributed by atoms with van der Waals surface area (Å²) >= 11 is 1.17. The van der Waals surface area contributed by atoms with Gasteiger partial charge < -0.3 is 14.6 Å². The van der Waals surface area contributed by atoms with Crippen LogP contribution in [-0.2, 0) is 9.59 Å². The van der Waals surface area contributed by atoms with Crippen LogP contribution in [0, 0.1) is 10.1 Å². The van der Waals surface area contributed by atoms with Crippen LogP contribution in [0.3, 0.4) is 0 Å². The number of carbonyl (C=O) groups is 2. The molecule has 2 heterocycles. The lowest BCUT2D eigenvalue weighted by Crippen LogP contribution is -2.29. The zero-order chi connectivity index (χ0) is 27.7. The molecule has 198 valence electrons. The number of fused-ring (bicyclic) bond motifs is 1. The third-order valence-electron chi connectivity index (χ3n) is 6.23. The minimum absolute atomic E-state index is 0.195. The fraction of sp³-hybridized carbons (Fsp3) is 0.179. The number of amides is 1. The highest BCUT2D eigenvalue weighted by Crippen LogP contribution is 2.45. The second-order valence-corrected chi connectivity index (χ2v) is 9.73. The van der Waals surface area contributed by atoms with Gasteiger partial charge in [-0.3, -0.25) is 24.6 Å². The number of nitro groups is 1. The van der Waals surface area contributed by atoms with E-state index in [2.05, 4.69) is 4.98 Å². The number of aromatic nitrogens is 1. The molecular weight excluding hydrogens is 522 g/mol. The summed E-state index contributed by atoms with van der Waals surface area (Å²) in [5, 5.41) is 23.1. The molecule has 1 fully saturated rings. The Bertz CT molecular complexity index is 1630. The monoisotopic (exact) mass is 545 g/mol. The van der Waals surface area contributed by atoms with Crippen molar-refractivity contribution >= 4 is 49.8 Å². The number of ketones is 1. The summed E-state index contributed by atoms with van der Waals surface area (Å²) in [5.41, 5.74) is 0.744. The van der Waals surface area contributed by atoms with Crippen molar-refractivity contribution in [2.24, 2.45) is 0 Å². The predicted octanol–water partition coefficient (Wildman–Crippen LogP) is 5.63. The Labute approximate surface area is 226 Å². The fourth-order valence-electron chi connectivity index (χ4n) is 4.36. The van der Waals surface area contributed by atoms with Crippen molar-refractivity contribution in [1.82, 2.24) is 4.98 Å². The number of anilines is 1. The second-order valence-electron chi connectivity index (χ2n) is 8.72. The molecule has 3 aromatic carbocycles. The van der Waals surface area contributed by atoms with E-state index in [9.17, 15) is 24.8 Å². The van der Waals surface area contributed by atoms with Gasteiger partial charge in [0.15, 0.2) is 5.13 Å². The van der Waals surface area contributed by atoms with Crippen LogP contribution in [0.25, 0.3) is 16.0 Å². The molecule has 39 heavy (non-hydrogen) atoms. The van der Waals surface area contributed by atoms with Crippen molar-refractivity contribution in [2.45, 2.75) is 19.4 Å². The van der Waals surface area contributed by atoms with E-state index < -0.39 is 28.4 Å². The van der Waals surface area contributed by atoms with E-state index in [1.165, 1.54) is 41.5 Å². The number of nitro benzene ring substituents is 1. The van der Waals surface area contributed by atoms with E-state index in [1.807, 2.05) is 6.92 Å². The summed E-state index contributed by atoms with van der Waals surface area (Å²) in [6.07, 6.45) is 0.826. The molecule has 1 aromatic heterocycles. The van der Waals surface area contributed by atoms with E-state index in [-0.39, 0.29) is 22.0 Å². The smallest absolute Gasteiger partial charge is 0.301 e. The first-order chi connectivity index (χ1) is 18.8. The standard InChI is InChI=1S/C28H23N3O7S/c1-3-13-38-19-9-7-16(8-10-19)25(32)23-24(17-5-4-6-18(14-17)31(35)36)30(27(34)26(23)33)28-29-21-12-11-20(37-2)15-22(21)39-28/h4-12,14-15,24,32H,3,13H2,1-2H3/b25-23+. The lowest BCUT2D eigenvalue weighted by atomic mass is 9.95. The topological polar surface area (TPSA) is 132 Å². The first-order valence-electron chi connectivity index (χ1n) is 12.1. The molecule has 1 aliphatic rings. The number of carbonyl (C=O) groups excluding carboxylic acids is 2. The highest BCUT2D eigenvalue weighted by atomic mass is 32.1. The van der Waals surface area contributed by atoms with Gasteiger partial charge in [-0.05, 0) is 54.4 Å². The van der Waals surface area contributed by atoms with Gasteiger partial charge in [-0.2, -0.15) is 0 Å². The Morgan fingerprint density at radius 1 is 1.10 bits per heavy atom. The van der Waals surface area contributed by atoms with Crippen molar-refractivity contribution in [3.8, 4) is 11.5 Å². The van der Waals surface area contributed by atoms with Gasteiger partial charge in [0, 0.05) is 17.7 Å². The quantitative estimate of drug-likeness (QED) is 0.0991. The maximum absolute atomic E-state index is 13.4. The van der Waals surface area contributed by atoms with Gasteiger partial charge >= 0.3 is 5.91 Å². The molecule has 0 bridgehead atoms. The van der Waals surface area contributed by atoms with Gasteiger partial charge in [0.2, 0.25) is 0 Å². The molecule has 0 radical (unpaired) electrons. The highest BCUT2D eigenvalue weighted by Gasteiger charge is 2.48. The number of rotatable bonds is 8. The maximum atomic E-state index is 13.4. The van der Waals surface area contributed by atoms with Crippen LogP contribution in [0.2, 0.25) is 0 Å². The van der Waals surface area contributed by atoms with Crippen LogP contribution in [0.15, 0.2) is 72.3 Å². The second kappa shape index (κ2) is 10.5. The number of Topliss-reactive ketones (excluding diaryl/α,β-unsaturated/α-hetero) is 1. The Morgan fingerprint density at radius 2 is 1.85 bits per heavy atom. The van der Waals surface area contributed by atoms with Crippen LogP contribution in [0.1, 0.15) is 30.5 Å². The van der Waals surface area contributed by atoms with Gasteiger partial charge in [0.25, 0.3) is 11.5 Å². The van der Waals surface area contributed by atoms with Gasteiger partial charge in [0.1, 0.15) is 17.3 Å². The molecule has 4 aromatic rings. The molecule has 0 aliphatic carbocycles. The molecular formula is C28H23N3O7S. The van der Waals surface area contributed by atoms with E-state index in [1.54, 1.807) is 48.5 Å². The number of nitrogens with zero attached hydrogens (tertiary/aromatic N) is 3. The molecule has 11 heteroatoms. The first kappa shape index (κ1) is 25.9. The molecule has 0 saturated carbocycles. The van der Waals surface area contributed by atoms with Crippen LogP contribution in [0.5, 0.6) is 11.5 Å². The molecule has 1 unspecified atom stereocenters. The zero-order valence-corrected chi connectivity index (χ0v) is 21.8. The summed E-state index contributed by atoms with van der Waals surface area (Å²) in [4.78, 5) is 43.6. The maximum Gasteiger partial charge on any atom is 0.301 e. The number of aliphatic hydroxyl groups excluding tert-OH is 1. The molecule has 10 nitrogen and oxygen atoms in total. The molecule has 1 atom stereocenters. The lowest BCUT2D eigenvalue weighted by Gasteiger charge is -2.22. The molecule has 0 spiro atoms. The van der Waals surface area contributed by atoms with Crippen molar-refractivity contribution in [3.05, 3.63) is 93.5 Å². The van der Waals surface area contributed by atoms with Crippen LogP contribution in [-0.4, -0.2) is 40.4 Å². The summed E-state index contributed by atoms with van der Waals surface area (Å²) in [7, 11) is 1.53. The van der Waals surface area contributed by atoms with Crippen LogP contribution in [0.4, 0.5) is 10.8 Å². The van der Waals surface area contributed by atoms with Crippen molar-refractivity contribution in [3.63, 3.8) is 0 Å². The number of benzene rings is 3. The van der Waals surface area contributed by atoms with E-state index >= 15 is 0 Å². The number of hydrogen-bond acceptors (Lipinski definition) is 9. The van der Waals surface area contributed by atoms with E-state index in [0.717, 1.165) is 6.42 Å². The van der Waals surface area contributed by atoms with Crippen LogP contribution < -0.4 is 14.4 Å². The Balaban J connectivity index is 1.67. The number of ether oxygens (including phenoxy) is 2. The normalized spacial score (nSPS) is 16.6. The third kappa shape index (κ3) is 4.79. The van der Waals surface area contributed by atoms with Crippen molar-refractivity contribution in [1.29, 1.82) is 0 Å². The van der Waals surface area contributed by atoms with Gasteiger partial charge in [0.05, 0.1) is 40.5 Å². The number of non-ortho nitro benzene ring substituents is 1. The first-order valence-corrected chi connectivity index (χ1v) is 12.9. The third-order valence-corrected chi connectivity index (χ3v) is 7.25. The van der Waals surface area contributed by atoms with E-state index in [4.69, 9.17) is 9.47 Å². The number of thiazole rings is 1. The molecule has 1 saturated heterocycles. The van der Waals surface area contributed by atoms with Gasteiger partial charge in [-0.15, -0.1) is 0 Å². The number of hydrogen-bond donors (Lipinski definition) is 1. The Hall–Kier alpha value is -4.77. The molecule has 1 amide bonds. The highest BCUT2D eigenvalue weighted by molar-refractivity contribution is 7.22. The minimum Gasteiger partial charge on any atom is -0.507 e. The lowest BCUT2D eigenvalue weighted by molar-refractivity contribution is -0.384. The van der Waals surface area contributed by atoms with Crippen LogP contribution >= 0.6 is 11.3 Å². The van der Waals surface area contributed by atoms with Crippen molar-refractivity contribution in [2.75, 3.05) is 18.6 Å².